The Morgan fingerprint density at radius 2 is 1.70 bits per heavy atom. The third-order valence-electron chi connectivity index (χ3n) is 4.82. The average molecular weight is 273 g/mol. The van der Waals surface area contributed by atoms with Gasteiger partial charge in [-0.25, -0.2) is 0 Å². The molecule has 1 aromatic carbocycles. The molecule has 0 amide bonds. The van der Waals surface area contributed by atoms with Crippen molar-refractivity contribution in [3.05, 3.63) is 24.3 Å². The van der Waals surface area contributed by atoms with Gasteiger partial charge in [0, 0.05) is 18.8 Å². The summed E-state index contributed by atoms with van der Waals surface area (Å²) in [6.07, 6.45) is 0. The summed E-state index contributed by atoms with van der Waals surface area (Å²) in [5.41, 5.74) is 1.83. The van der Waals surface area contributed by atoms with Crippen LogP contribution in [0.2, 0.25) is 0 Å². The molecule has 2 saturated heterocycles. The monoisotopic (exact) mass is 273 g/mol. The van der Waals surface area contributed by atoms with Gasteiger partial charge in [0.25, 0.3) is 0 Å². The second-order valence-corrected chi connectivity index (χ2v) is 7.19. The summed E-state index contributed by atoms with van der Waals surface area (Å²) in [4.78, 5) is 2.40. The highest BCUT2D eigenvalue weighted by atomic mass is 16.7. The first-order chi connectivity index (χ1) is 9.28. The van der Waals surface area contributed by atoms with Gasteiger partial charge in [-0.3, -0.25) is 0 Å². The van der Waals surface area contributed by atoms with Crippen LogP contribution in [0.15, 0.2) is 24.3 Å². The fourth-order valence-electron chi connectivity index (χ4n) is 2.76. The largest absolute Gasteiger partial charge is 0.494 e. The second kappa shape index (κ2) is 4.50. The molecule has 1 aromatic rings. The molecule has 0 N–H and O–H groups in total. The van der Waals surface area contributed by atoms with Gasteiger partial charge in [0.05, 0.1) is 11.2 Å². The molecular weight excluding hydrogens is 249 g/mol. The van der Waals surface area contributed by atoms with E-state index < -0.39 is 0 Å². The molecule has 108 valence electrons. The van der Waals surface area contributed by atoms with E-state index in [1.54, 1.807) is 0 Å². The zero-order valence-corrected chi connectivity index (χ0v) is 13.1. The molecule has 3 nitrogen and oxygen atoms in total. The normalized spacial score (nSPS) is 24.9. The molecule has 0 saturated carbocycles. The molecule has 0 bridgehead atoms. The summed E-state index contributed by atoms with van der Waals surface area (Å²) < 4.78 is 12.2. The van der Waals surface area contributed by atoms with E-state index in [4.69, 9.17) is 9.31 Å². The Labute approximate surface area is 122 Å². The van der Waals surface area contributed by atoms with Gasteiger partial charge in [-0.1, -0.05) is 19.1 Å². The van der Waals surface area contributed by atoms with Crippen LogP contribution in [0, 0.1) is 5.92 Å². The summed E-state index contributed by atoms with van der Waals surface area (Å²) in [7, 11) is -0.265. The summed E-state index contributed by atoms with van der Waals surface area (Å²) in [6.45, 7) is 12.9. The third kappa shape index (κ3) is 2.25. The smallest absolute Gasteiger partial charge is 0.399 e. The molecule has 0 atom stereocenters. The molecule has 4 heteroatoms. The quantitative estimate of drug-likeness (QED) is 0.772. The van der Waals surface area contributed by atoms with E-state index in [9.17, 15) is 0 Å². The summed E-state index contributed by atoms with van der Waals surface area (Å²) in [6, 6.07) is 8.56. The fraction of sp³-hybridized carbons (Fsp3) is 0.625. The van der Waals surface area contributed by atoms with E-state index in [0.717, 1.165) is 24.5 Å². The van der Waals surface area contributed by atoms with Crippen molar-refractivity contribution in [3.8, 4) is 0 Å². The summed E-state index contributed by atoms with van der Waals surface area (Å²) in [5, 5.41) is 0. The van der Waals surface area contributed by atoms with Gasteiger partial charge in [-0.05, 0) is 51.2 Å². The van der Waals surface area contributed by atoms with Crippen LogP contribution in [-0.4, -0.2) is 31.4 Å². The minimum atomic E-state index is -0.279. The Hall–Kier alpha value is -0.995. The van der Waals surface area contributed by atoms with Crippen molar-refractivity contribution in [2.75, 3.05) is 18.0 Å². The van der Waals surface area contributed by atoms with Crippen molar-refractivity contribution in [2.45, 2.75) is 45.8 Å². The highest BCUT2D eigenvalue weighted by molar-refractivity contribution is 6.62. The number of hydrogen-bond acceptors (Lipinski definition) is 3. The molecule has 20 heavy (non-hydrogen) atoms. The SMILES string of the molecule is CC1CN(c2cccc(B3OC(C)(C)C(C)(C)O3)c2)C1. The zero-order chi connectivity index (χ0) is 14.5. The average Bonchev–Trinajstić information content (AvgIpc) is 2.55. The van der Waals surface area contributed by atoms with E-state index in [-0.39, 0.29) is 18.3 Å². The van der Waals surface area contributed by atoms with Gasteiger partial charge in [0.1, 0.15) is 0 Å². The Morgan fingerprint density at radius 1 is 1.10 bits per heavy atom. The summed E-state index contributed by atoms with van der Waals surface area (Å²) >= 11 is 0. The van der Waals surface area contributed by atoms with Crippen LogP contribution < -0.4 is 10.4 Å². The van der Waals surface area contributed by atoms with Crippen molar-refractivity contribution in [3.63, 3.8) is 0 Å². The Bertz CT molecular complexity index is 493. The van der Waals surface area contributed by atoms with Crippen LogP contribution in [-0.2, 0) is 9.31 Å². The van der Waals surface area contributed by atoms with E-state index >= 15 is 0 Å². The van der Waals surface area contributed by atoms with Crippen molar-refractivity contribution in [2.24, 2.45) is 5.92 Å². The maximum atomic E-state index is 6.12. The molecule has 0 aliphatic carbocycles. The molecule has 2 aliphatic heterocycles. The molecule has 2 fully saturated rings. The van der Waals surface area contributed by atoms with Gasteiger partial charge in [-0.2, -0.15) is 0 Å². The Morgan fingerprint density at radius 3 is 2.25 bits per heavy atom. The predicted molar refractivity (Wildman–Crippen MR) is 83.5 cm³/mol. The minimum absolute atomic E-state index is 0.265. The topological polar surface area (TPSA) is 21.7 Å². The number of anilines is 1. The zero-order valence-electron chi connectivity index (χ0n) is 13.1. The lowest BCUT2D eigenvalue weighted by Crippen LogP contribution is -2.45. The van der Waals surface area contributed by atoms with Gasteiger partial charge in [-0.15, -0.1) is 0 Å². The van der Waals surface area contributed by atoms with Gasteiger partial charge in [0.15, 0.2) is 0 Å². The number of nitrogens with zero attached hydrogens (tertiary/aromatic N) is 1. The molecule has 3 rings (SSSR count). The van der Waals surface area contributed by atoms with Crippen molar-refractivity contribution in [1.29, 1.82) is 0 Å². The summed E-state index contributed by atoms with van der Waals surface area (Å²) in [5.74, 6) is 0.801. The molecule has 0 spiro atoms. The minimum Gasteiger partial charge on any atom is -0.399 e. The maximum absolute atomic E-state index is 6.12. The molecular formula is C16H24BNO2. The second-order valence-electron chi connectivity index (χ2n) is 7.19. The van der Waals surface area contributed by atoms with Crippen molar-refractivity contribution >= 4 is 18.3 Å². The van der Waals surface area contributed by atoms with E-state index in [1.165, 1.54) is 5.69 Å². The van der Waals surface area contributed by atoms with Crippen LogP contribution in [0.5, 0.6) is 0 Å². The molecule has 0 radical (unpaired) electrons. The number of benzene rings is 1. The Balaban J connectivity index is 1.80. The molecule has 2 aliphatic rings. The molecule has 0 unspecified atom stereocenters. The van der Waals surface area contributed by atoms with Crippen LogP contribution in [0.1, 0.15) is 34.6 Å². The van der Waals surface area contributed by atoms with Crippen LogP contribution in [0.25, 0.3) is 0 Å². The first kappa shape index (κ1) is 14.0. The van der Waals surface area contributed by atoms with Crippen molar-refractivity contribution < 1.29 is 9.31 Å². The van der Waals surface area contributed by atoms with Gasteiger partial charge in [0.2, 0.25) is 0 Å². The first-order valence-corrected chi connectivity index (χ1v) is 7.49. The van der Waals surface area contributed by atoms with E-state index in [2.05, 4.69) is 63.8 Å². The highest BCUT2D eigenvalue weighted by Crippen LogP contribution is 2.36. The number of rotatable bonds is 2. The molecule has 2 heterocycles. The number of hydrogen-bond donors (Lipinski definition) is 0. The lowest BCUT2D eigenvalue weighted by atomic mass is 9.78. The standard InChI is InChI=1S/C16H24BNO2/c1-12-10-18(11-12)14-8-6-7-13(9-14)17-19-15(2,3)16(4,5)20-17/h6-9,12H,10-11H2,1-5H3. The van der Waals surface area contributed by atoms with Crippen LogP contribution in [0.4, 0.5) is 5.69 Å². The lowest BCUT2D eigenvalue weighted by Gasteiger charge is -2.39. The lowest BCUT2D eigenvalue weighted by molar-refractivity contribution is 0.00578. The fourth-order valence-corrected chi connectivity index (χ4v) is 2.76. The maximum Gasteiger partial charge on any atom is 0.494 e. The van der Waals surface area contributed by atoms with Gasteiger partial charge >= 0.3 is 7.12 Å². The van der Waals surface area contributed by atoms with Crippen LogP contribution >= 0.6 is 0 Å². The third-order valence-corrected chi connectivity index (χ3v) is 4.82. The van der Waals surface area contributed by atoms with Crippen LogP contribution in [0.3, 0.4) is 0 Å². The highest BCUT2D eigenvalue weighted by Gasteiger charge is 2.51. The Kier molecular flexibility index (Phi) is 3.14. The van der Waals surface area contributed by atoms with E-state index in [1.807, 2.05) is 0 Å². The van der Waals surface area contributed by atoms with E-state index in [0.29, 0.717) is 0 Å². The first-order valence-electron chi connectivity index (χ1n) is 7.49. The van der Waals surface area contributed by atoms with Gasteiger partial charge < -0.3 is 14.2 Å². The predicted octanol–water partition coefficient (Wildman–Crippen LogP) is 2.44. The van der Waals surface area contributed by atoms with Crippen molar-refractivity contribution in [1.82, 2.24) is 0 Å². The molecule has 0 aromatic heterocycles.